The molecule has 0 aliphatic heterocycles. The first-order valence-corrected chi connectivity index (χ1v) is 33.8. The normalized spacial score (nSPS) is 13.5. The van der Waals surface area contributed by atoms with E-state index >= 15 is 0 Å². The zero-order valence-electron chi connectivity index (χ0n) is 60.4. The van der Waals surface area contributed by atoms with Crippen LogP contribution in [0.2, 0.25) is 0 Å². The molecule has 0 saturated heterocycles. The van der Waals surface area contributed by atoms with Crippen LogP contribution < -0.4 is 108 Å². The fourth-order valence-electron chi connectivity index (χ4n) is 9.36. The molecule has 10 atom stereocenters. The Morgan fingerprint density at radius 1 is 0.431 bits per heavy atom. The molecule has 1 rings (SSSR count). The summed E-state index contributed by atoms with van der Waals surface area (Å²) < 4.78 is 0. The van der Waals surface area contributed by atoms with E-state index in [4.69, 9.17) is 28.7 Å². The molecule has 48 heteroatoms. The number of carboxylic acid groups (broad SMARTS) is 4. The van der Waals surface area contributed by atoms with Crippen LogP contribution in [0.4, 0.5) is 0 Å². The molecule has 1 aromatic heterocycles. The summed E-state index contributed by atoms with van der Waals surface area (Å²) in [5, 5.41) is 82.1. The van der Waals surface area contributed by atoms with Gasteiger partial charge in [-0.15, -0.1) is 0 Å². The molecular weight excluding hydrogens is 1450 g/mol. The number of nitrogens with zero attached hydrogens (tertiary/aromatic N) is 3. The summed E-state index contributed by atoms with van der Waals surface area (Å²) in [5.74, 6) is -23.1. The van der Waals surface area contributed by atoms with Gasteiger partial charge < -0.3 is 139 Å². The zero-order chi connectivity index (χ0) is 82.6. The Hall–Kier alpha value is -12.4. The highest BCUT2D eigenvalue weighted by molar-refractivity contribution is 6.00. The van der Waals surface area contributed by atoms with Crippen LogP contribution in [0.3, 0.4) is 0 Å². The number of hydrogen-bond acceptors (Lipinski definition) is 24. The number of amides is 15. The van der Waals surface area contributed by atoms with Crippen molar-refractivity contribution in [2.75, 3.05) is 59.0 Å². The number of guanidine groups is 2. The molecule has 0 unspecified atom stereocenters. The second-order valence-electron chi connectivity index (χ2n) is 24.9. The molecule has 0 fully saturated rings. The molecule has 0 aliphatic rings. The number of aliphatic hydroxyl groups is 1. The van der Waals surface area contributed by atoms with E-state index < -0.39 is 257 Å². The van der Waals surface area contributed by atoms with Gasteiger partial charge in [0.2, 0.25) is 88.6 Å². The van der Waals surface area contributed by atoms with Gasteiger partial charge >= 0.3 is 23.9 Å². The van der Waals surface area contributed by atoms with E-state index in [-0.39, 0.29) is 69.5 Å². The Kier molecular flexibility index (Phi) is 43.5. The summed E-state index contributed by atoms with van der Waals surface area (Å²) in [6.07, 6.45) is -2.14. The lowest BCUT2D eigenvalue weighted by Gasteiger charge is -2.26. The highest BCUT2D eigenvalue weighted by Gasteiger charge is 2.35. The minimum atomic E-state index is -2.02. The lowest BCUT2D eigenvalue weighted by Crippen LogP contribution is -2.58. The molecular formula is C61H100N24O24. The number of aromatic amines is 1. The van der Waals surface area contributed by atoms with Crippen molar-refractivity contribution in [2.24, 2.45) is 50.5 Å². The van der Waals surface area contributed by atoms with Crippen molar-refractivity contribution in [2.45, 2.75) is 166 Å². The molecule has 0 aromatic carbocycles. The lowest BCUT2D eigenvalue weighted by atomic mass is 10.0. The largest absolute Gasteiger partial charge is 0.481 e. The summed E-state index contributed by atoms with van der Waals surface area (Å²) in [6.45, 7) is 1.58. The SMILES string of the molecule is CC(C)C[C@H](NC(=O)[C@H](CCC(=O)O)NC(=O)[C@H](CCCN=C(N)N)NC(=O)CNC(=O)[C@H](CCCN=C(N)N)NC(=O)[C@H](CO)NC(=O)CNC(=O)CNC(=O)[C@H](CC(=O)O)NC(=O)[C@H](CCC(=O)O)NC(=O)CNC(=O)[C@H](C)NC(=O)CNC(=O)[C@@H](NC(=O)CN)C(C)C)C(=O)N[C@@H](Cc1cnc[nH]1)C(=O)O. The number of carboxylic acids is 4. The van der Waals surface area contributed by atoms with Gasteiger partial charge in [0.25, 0.3) is 0 Å². The van der Waals surface area contributed by atoms with Gasteiger partial charge in [-0.05, 0) is 63.7 Å². The van der Waals surface area contributed by atoms with Crippen LogP contribution in [0.15, 0.2) is 22.5 Å². The minimum absolute atomic E-state index is 0.0161. The molecule has 608 valence electrons. The number of aliphatic carboxylic acids is 4. The van der Waals surface area contributed by atoms with Crippen LogP contribution in [0.25, 0.3) is 0 Å². The standard InChI is InChI=1S/C61H100N24O24/c1-28(2)16-36(56(105)84-38(59(108)109)17-31-20-67-27-75-31)82-55(104)35(11-13-47(95)96)81-53(102)33(9-7-15-69-61(65)66)77-45(92)25-73-51(100)32(8-6-14-68-60(63)64)80-57(106)39(26-86)79-43(90)22-70-41(88)21-72-52(101)37(18-48(97)98)83-54(103)34(10-12-46(93)94)78-44(91)24-71-50(99)30(5)76-42(89)23-74-58(107)49(29(3)4)85-40(87)19-62/h20,27-30,32-39,49,86H,6-19,21-26,62H2,1-5H3,(H,67,75)(H,70,88)(H,71,99)(H,72,101)(H,73,100)(H,74,107)(H,76,89)(H,77,92)(H,78,91)(H,79,90)(H,80,106)(H,81,102)(H,82,104)(H,83,103)(H,84,105)(H,85,87)(H,93,94)(H,95,96)(H,97,98)(H,108,109)(H4,63,64,68)(H4,65,66,69)/t30-,32-,33-,34-,35-,36-,37-,38-,39-,49-/m0/s1. The van der Waals surface area contributed by atoms with Gasteiger partial charge in [0, 0.05) is 44.2 Å². The zero-order valence-corrected chi connectivity index (χ0v) is 60.4. The van der Waals surface area contributed by atoms with Crippen LogP contribution in [0, 0.1) is 11.8 Å². The molecule has 0 bridgehead atoms. The number of hydrogen-bond donors (Lipinski definition) is 26. The van der Waals surface area contributed by atoms with Crippen LogP contribution in [-0.4, -0.2) is 279 Å². The van der Waals surface area contributed by atoms with Crippen LogP contribution in [0.1, 0.15) is 105 Å². The molecule has 48 nitrogen and oxygen atoms in total. The Labute approximate surface area is 622 Å². The molecule has 1 aromatic rings. The maximum absolute atomic E-state index is 14.0. The Balaban J connectivity index is 3.16. The van der Waals surface area contributed by atoms with E-state index in [1.807, 2.05) is 10.6 Å². The molecule has 0 radical (unpaired) electrons. The summed E-state index contributed by atoms with van der Waals surface area (Å²) in [6, 6.07) is -15.9. The summed E-state index contributed by atoms with van der Waals surface area (Å²) >= 11 is 0. The number of imidazole rings is 1. The van der Waals surface area contributed by atoms with Crippen molar-refractivity contribution in [1.29, 1.82) is 0 Å². The molecule has 15 amide bonds. The second-order valence-corrected chi connectivity index (χ2v) is 24.9. The monoisotopic (exact) mass is 1550 g/mol. The van der Waals surface area contributed by atoms with Gasteiger partial charge in [-0.2, -0.15) is 0 Å². The van der Waals surface area contributed by atoms with E-state index in [0.717, 1.165) is 0 Å². The summed E-state index contributed by atoms with van der Waals surface area (Å²) in [4.78, 5) is 259. The minimum Gasteiger partial charge on any atom is -0.481 e. The van der Waals surface area contributed by atoms with Gasteiger partial charge in [0.05, 0.1) is 58.6 Å². The average molecular weight is 1550 g/mol. The number of nitrogens with two attached hydrogens (primary N) is 5. The van der Waals surface area contributed by atoms with E-state index in [9.17, 15) is 117 Å². The molecule has 31 N–H and O–H groups in total. The van der Waals surface area contributed by atoms with Crippen molar-refractivity contribution >= 4 is 124 Å². The smallest absolute Gasteiger partial charge is 0.326 e. The van der Waals surface area contributed by atoms with Crippen molar-refractivity contribution in [3.8, 4) is 0 Å². The summed E-state index contributed by atoms with van der Waals surface area (Å²) in [5.41, 5.74) is 27.4. The second kappa shape index (κ2) is 50.2. The average Bonchev–Trinajstić information content (AvgIpc) is 1.42. The predicted molar refractivity (Wildman–Crippen MR) is 376 cm³/mol. The van der Waals surface area contributed by atoms with Gasteiger partial charge in [0.15, 0.2) is 11.9 Å². The van der Waals surface area contributed by atoms with Crippen molar-refractivity contribution in [3.63, 3.8) is 0 Å². The highest BCUT2D eigenvalue weighted by Crippen LogP contribution is 2.11. The molecule has 1 heterocycles. The third kappa shape index (κ3) is 40.6. The Morgan fingerprint density at radius 2 is 0.826 bits per heavy atom. The van der Waals surface area contributed by atoms with Crippen LogP contribution in [0.5, 0.6) is 0 Å². The first kappa shape index (κ1) is 94.6. The summed E-state index contributed by atoms with van der Waals surface area (Å²) in [7, 11) is 0. The third-order valence-corrected chi connectivity index (χ3v) is 14.9. The first-order valence-electron chi connectivity index (χ1n) is 33.8. The maximum Gasteiger partial charge on any atom is 0.326 e. The van der Waals surface area contributed by atoms with E-state index in [1.54, 1.807) is 27.7 Å². The number of H-pyrrole nitrogens is 1. The molecule has 0 spiro atoms. The molecule has 0 saturated carbocycles. The lowest BCUT2D eigenvalue weighted by molar-refractivity contribution is -0.142. The predicted octanol–water partition coefficient (Wildman–Crippen LogP) is -12.5. The fraction of sp³-hybridized carbons (Fsp3) is 0.607. The van der Waals surface area contributed by atoms with E-state index in [1.165, 1.54) is 19.4 Å². The highest BCUT2D eigenvalue weighted by atomic mass is 16.4. The maximum atomic E-state index is 14.0. The van der Waals surface area contributed by atoms with Crippen molar-refractivity contribution in [3.05, 3.63) is 18.2 Å². The molecule has 109 heavy (non-hydrogen) atoms. The number of aliphatic imine (C=N–C) groups is 2. The number of aliphatic hydroxyl groups excluding tert-OH is 1. The van der Waals surface area contributed by atoms with E-state index in [0.29, 0.717) is 5.69 Å². The number of carbonyl (C=O) groups excluding carboxylic acids is 15. The van der Waals surface area contributed by atoms with Crippen molar-refractivity contribution in [1.82, 2.24) is 89.7 Å². The quantitative estimate of drug-likeness (QED) is 0.0164. The third-order valence-electron chi connectivity index (χ3n) is 14.9. The van der Waals surface area contributed by atoms with Crippen LogP contribution in [-0.2, 0) is 97.5 Å². The van der Waals surface area contributed by atoms with Gasteiger partial charge in [-0.25, -0.2) is 9.78 Å². The molecule has 0 aliphatic carbocycles. The number of nitrogens with one attached hydrogen (secondary N) is 16. The number of carbonyl (C=O) groups is 19. The Morgan fingerprint density at radius 3 is 1.27 bits per heavy atom. The fourth-order valence-corrected chi connectivity index (χ4v) is 9.36. The van der Waals surface area contributed by atoms with Gasteiger partial charge in [-0.3, -0.25) is 96.3 Å². The number of aromatic nitrogens is 2. The topological polar surface area (TPSA) is 789 Å². The number of rotatable bonds is 53. The van der Waals surface area contributed by atoms with Gasteiger partial charge in [0.1, 0.15) is 60.4 Å². The first-order chi connectivity index (χ1) is 51.2. The van der Waals surface area contributed by atoms with E-state index in [2.05, 4.69) is 89.1 Å². The van der Waals surface area contributed by atoms with Crippen LogP contribution >= 0.6 is 0 Å². The van der Waals surface area contributed by atoms with Crippen molar-refractivity contribution < 1.29 is 117 Å². The Bertz CT molecular complexity index is 3400. The van der Waals surface area contributed by atoms with Gasteiger partial charge in [-0.1, -0.05) is 27.7 Å².